The molecule has 3 aromatic rings. The first-order valence-electron chi connectivity index (χ1n) is 8.07. The highest BCUT2D eigenvalue weighted by Crippen LogP contribution is 2.56. The smallest absolute Gasteiger partial charge is 0.372 e. The van der Waals surface area contributed by atoms with Gasteiger partial charge in [-0.05, 0) is 16.7 Å². The van der Waals surface area contributed by atoms with E-state index in [2.05, 4.69) is 5.10 Å². The van der Waals surface area contributed by atoms with Crippen LogP contribution in [0.1, 0.15) is 11.1 Å². The Morgan fingerprint density at radius 1 is 1.11 bits per heavy atom. The molecule has 1 unspecified atom stereocenters. The van der Waals surface area contributed by atoms with Crippen molar-refractivity contribution >= 4 is 5.91 Å². The molecule has 1 aliphatic carbocycles. The summed E-state index contributed by atoms with van der Waals surface area (Å²) in [7, 11) is 0. The van der Waals surface area contributed by atoms with Crippen molar-refractivity contribution in [1.29, 1.82) is 0 Å². The van der Waals surface area contributed by atoms with Gasteiger partial charge in [-0.15, -0.1) is 0 Å². The molecular formula is C19H14F3N3O2. The number of benzene rings is 2. The van der Waals surface area contributed by atoms with Gasteiger partial charge in [-0.3, -0.25) is 9.48 Å². The molecule has 1 atom stereocenters. The zero-order chi connectivity index (χ0) is 19.4. The molecule has 0 bridgehead atoms. The molecule has 0 spiro atoms. The fourth-order valence-corrected chi connectivity index (χ4v) is 3.60. The fraction of sp³-hybridized carbons (Fsp3) is 0.158. The number of amides is 1. The number of aromatic nitrogens is 2. The second-order valence-corrected chi connectivity index (χ2v) is 6.37. The Morgan fingerprint density at radius 3 is 2.48 bits per heavy atom. The maximum atomic E-state index is 13.9. The van der Waals surface area contributed by atoms with E-state index in [1.165, 1.54) is 41.3 Å². The number of halogens is 3. The van der Waals surface area contributed by atoms with E-state index in [9.17, 15) is 23.1 Å². The van der Waals surface area contributed by atoms with Crippen molar-refractivity contribution in [2.45, 2.75) is 18.3 Å². The van der Waals surface area contributed by atoms with E-state index in [1.807, 2.05) is 0 Å². The largest absolute Gasteiger partial charge is 0.425 e. The number of aliphatic hydroxyl groups is 1. The van der Waals surface area contributed by atoms with Gasteiger partial charge in [0.25, 0.3) is 0 Å². The zero-order valence-electron chi connectivity index (χ0n) is 13.9. The highest BCUT2D eigenvalue weighted by Gasteiger charge is 2.61. The van der Waals surface area contributed by atoms with Crippen molar-refractivity contribution in [2.75, 3.05) is 0 Å². The molecule has 1 aromatic heterocycles. The van der Waals surface area contributed by atoms with Crippen LogP contribution in [0.15, 0.2) is 54.9 Å². The summed E-state index contributed by atoms with van der Waals surface area (Å²) in [5, 5.41) is 14.8. The average Bonchev–Trinajstić information content (AvgIpc) is 3.16. The van der Waals surface area contributed by atoms with Crippen molar-refractivity contribution < 1.29 is 23.1 Å². The standard InChI is InChI=1S/C19H14F3N3O2/c20-19(21,22)18(27)14-6-2-1-4-13(14)17-12(5-3-7-15(17)18)11-8-24-25(9-11)10-16(23)26/h1-9,27H,10H2,(H2,23,26). The highest BCUT2D eigenvalue weighted by molar-refractivity contribution is 5.92. The minimum absolute atomic E-state index is 0.141. The summed E-state index contributed by atoms with van der Waals surface area (Å²) in [4.78, 5) is 11.1. The monoisotopic (exact) mass is 373 g/mol. The van der Waals surface area contributed by atoms with Gasteiger partial charge in [-0.25, -0.2) is 0 Å². The Bertz CT molecular complexity index is 1060. The van der Waals surface area contributed by atoms with Crippen LogP contribution in [0.5, 0.6) is 0 Å². The lowest BCUT2D eigenvalue weighted by Crippen LogP contribution is -2.41. The van der Waals surface area contributed by atoms with Crippen LogP contribution in [0.25, 0.3) is 22.3 Å². The predicted molar refractivity (Wildman–Crippen MR) is 91.3 cm³/mol. The number of hydrogen-bond donors (Lipinski definition) is 2. The minimum atomic E-state index is -4.89. The number of fused-ring (bicyclic) bond motifs is 3. The summed E-state index contributed by atoms with van der Waals surface area (Å²) in [5.41, 5.74) is 3.25. The normalized spacial score (nSPS) is 18.2. The molecular weight excluding hydrogens is 359 g/mol. The molecule has 0 fully saturated rings. The molecule has 0 saturated heterocycles. The molecule has 4 rings (SSSR count). The molecule has 0 saturated carbocycles. The number of alkyl halides is 3. The number of primary amides is 1. The average molecular weight is 373 g/mol. The van der Waals surface area contributed by atoms with Gasteiger partial charge in [0.1, 0.15) is 6.54 Å². The summed E-state index contributed by atoms with van der Waals surface area (Å²) >= 11 is 0. The topological polar surface area (TPSA) is 81.1 Å². The van der Waals surface area contributed by atoms with E-state index in [1.54, 1.807) is 18.2 Å². The third-order valence-corrected chi connectivity index (χ3v) is 4.71. The molecule has 2 aromatic carbocycles. The molecule has 1 aliphatic rings. The lowest BCUT2D eigenvalue weighted by Gasteiger charge is -2.28. The van der Waals surface area contributed by atoms with Crippen LogP contribution in [-0.2, 0) is 16.9 Å². The van der Waals surface area contributed by atoms with E-state index >= 15 is 0 Å². The lowest BCUT2D eigenvalue weighted by atomic mass is 9.89. The van der Waals surface area contributed by atoms with Gasteiger partial charge in [0.15, 0.2) is 0 Å². The molecule has 0 aliphatic heterocycles. The Labute approximate surface area is 151 Å². The van der Waals surface area contributed by atoms with Gasteiger partial charge in [0.05, 0.1) is 6.20 Å². The third-order valence-electron chi connectivity index (χ3n) is 4.71. The summed E-state index contributed by atoms with van der Waals surface area (Å²) in [6.45, 7) is -0.141. The van der Waals surface area contributed by atoms with Crippen LogP contribution in [0.4, 0.5) is 13.2 Å². The fourth-order valence-electron chi connectivity index (χ4n) is 3.60. The Hall–Kier alpha value is -3.13. The van der Waals surface area contributed by atoms with Crippen molar-refractivity contribution in [3.63, 3.8) is 0 Å². The van der Waals surface area contributed by atoms with Gasteiger partial charge in [-0.2, -0.15) is 18.3 Å². The van der Waals surface area contributed by atoms with Crippen LogP contribution >= 0.6 is 0 Å². The molecule has 0 radical (unpaired) electrons. The van der Waals surface area contributed by atoms with Crippen LogP contribution in [0.2, 0.25) is 0 Å². The molecule has 27 heavy (non-hydrogen) atoms. The summed E-state index contributed by atoms with van der Waals surface area (Å²) in [6.07, 6.45) is -1.90. The second kappa shape index (κ2) is 5.68. The number of hydrogen-bond acceptors (Lipinski definition) is 3. The van der Waals surface area contributed by atoms with Gasteiger partial charge >= 0.3 is 6.18 Å². The first-order chi connectivity index (χ1) is 12.7. The van der Waals surface area contributed by atoms with E-state index in [-0.39, 0.29) is 17.7 Å². The van der Waals surface area contributed by atoms with Crippen molar-refractivity contribution in [2.24, 2.45) is 5.73 Å². The van der Waals surface area contributed by atoms with Gasteiger partial charge in [0, 0.05) is 22.9 Å². The first kappa shape index (κ1) is 17.3. The Kier molecular flexibility index (Phi) is 3.64. The molecule has 1 heterocycles. The van der Waals surface area contributed by atoms with Crippen LogP contribution in [0, 0.1) is 0 Å². The van der Waals surface area contributed by atoms with Crippen LogP contribution in [0.3, 0.4) is 0 Å². The highest BCUT2D eigenvalue weighted by atomic mass is 19.4. The minimum Gasteiger partial charge on any atom is -0.372 e. The molecule has 1 amide bonds. The van der Waals surface area contributed by atoms with Crippen LogP contribution < -0.4 is 5.73 Å². The van der Waals surface area contributed by atoms with Gasteiger partial charge in [0.2, 0.25) is 11.5 Å². The SMILES string of the molecule is NC(=O)Cn1cc(-c2cccc3c2-c2ccccc2C3(O)C(F)(F)F)cn1. The Morgan fingerprint density at radius 2 is 1.78 bits per heavy atom. The lowest BCUT2D eigenvalue weighted by molar-refractivity contribution is -0.246. The van der Waals surface area contributed by atoms with E-state index in [0.29, 0.717) is 22.3 Å². The van der Waals surface area contributed by atoms with E-state index in [0.717, 1.165) is 0 Å². The van der Waals surface area contributed by atoms with Crippen molar-refractivity contribution in [3.8, 4) is 22.3 Å². The van der Waals surface area contributed by atoms with Crippen LogP contribution in [-0.4, -0.2) is 27.0 Å². The molecule has 5 nitrogen and oxygen atoms in total. The number of nitrogens with zero attached hydrogens (tertiary/aromatic N) is 2. The molecule has 3 N–H and O–H groups in total. The summed E-state index contributed by atoms with van der Waals surface area (Å²) in [5.74, 6) is -0.584. The summed E-state index contributed by atoms with van der Waals surface area (Å²) in [6, 6.07) is 10.3. The summed E-state index contributed by atoms with van der Waals surface area (Å²) < 4.78 is 42.9. The van der Waals surface area contributed by atoms with E-state index < -0.39 is 17.7 Å². The maximum Gasteiger partial charge on any atom is 0.425 e. The van der Waals surface area contributed by atoms with E-state index in [4.69, 9.17) is 5.73 Å². The number of rotatable bonds is 3. The zero-order valence-corrected chi connectivity index (χ0v) is 13.9. The number of carbonyl (C=O) groups excluding carboxylic acids is 1. The predicted octanol–water partition coefficient (Wildman–Crippen LogP) is 2.81. The Balaban J connectivity index is 1.97. The van der Waals surface area contributed by atoms with Gasteiger partial charge < -0.3 is 10.8 Å². The maximum absolute atomic E-state index is 13.9. The molecule has 8 heteroatoms. The third kappa shape index (κ3) is 2.44. The second-order valence-electron chi connectivity index (χ2n) is 6.37. The van der Waals surface area contributed by atoms with Crippen molar-refractivity contribution in [1.82, 2.24) is 9.78 Å². The quantitative estimate of drug-likeness (QED) is 0.741. The number of nitrogens with two attached hydrogens (primary N) is 1. The van der Waals surface area contributed by atoms with Gasteiger partial charge in [-0.1, -0.05) is 42.5 Å². The van der Waals surface area contributed by atoms with Crippen molar-refractivity contribution in [3.05, 3.63) is 66.0 Å². The molecule has 138 valence electrons. The number of carbonyl (C=O) groups is 1. The first-order valence-corrected chi connectivity index (χ1v) is 8.07.